The molecule has 2 aliphatic carbocycles. The Hall–Kier alpha value is -1.34. The van der Waals surface area contributed by atoms with Crippen LogP contribution in [-0.4, -0.2) is 5.91 Å². The first kappa shape index (κ1) is 19.4. The second kappa shape index (κ2) is 6.09. The molecule has 0 aromatic carbocycles. The van der Waals surface area contributed by atoms with Crippen molar-refractivity contribution in [3.63, 3.8) is 0 Å². The number of anilines is 1. The Labute approximate surface area is 162 Å². The Morgan fingerprint density at radius 3 is 2.42 bits per heavy atom. The Bertz CT molecular complexity index is 765. The third kappa shape index (κ3) is 2.80. The quantitative estimate of drug-likeness (QED) is 0.728. The second-order valence-corrected chi connectivity index (χ2v) is 11.1. The van der Waals surface area contributed by atoms with Crippen molar-refractivity contribution in [1.29, 1.82) is 5.26 Å². The number of carbonyl (C=O) groups is 1. The lowest BCUT2D eigenvalue weighted by Crippen LogP contribution is -2.28. The van der Waals surface area contributed by atoms with E-state index in [0.29, 0.717) is 16.9 Å². The van der Waals surface area contributed by atoms with Crippen molar-refractivity contribution in [2.75, 3.05) is 5.32 Å². The van der Waals surface area contributed by atoms with E-state index >= 15 is 0 Å². The summed E-state index contributed by atoms with van der Waals surface area (Å²) in [6, 6.07) is 2.37. The van der Waals surface area contributed by atoms with E-state index in [4.69, 9.17) is 0 Å². The van der Waals surface area contributed by atoms with Gasteiger partial charge in [0.15, 0.2) is 0 Å². The lowest BCUT2D eigenvalue weighted by atomic mass is 9.69. The Morgan fingerprint density at radius 1 is 1.31 bits per heavy atom. The van der Waals surface area contributed by atoms with Gasteiger partial charge in [0.1, 0.15) is 11.1 Å². The van der Waals surface area contributed by atoms with Gasteiger partial charge in [0, 0.05) is 10.8 Å². The van der Waals surface area contributed by atoms with Crippen LogP contribution in [0.25, 0.3) is 0 Å². The maximum absolute atomic E-state index is 12.8. The van der Waals surface area contributed by atoms with Crippen LogP contribution in [0.2, 0.25) is 0 Å². The molecule has 1 N–H and O–H groups in total. The fourth-order valence-electron chi connectivity index (χ4n) is 4.78. The van der Waals surface area contributed by atoms with E-state index in [2.05, 4.69) is 59.9 Å². The molecule has 0 unspecified atom stereocenters. The molecule has 1 amide bonds. The van der Waals surface area contributed by atoms with Gasteiger partial charge in [-0.25, -0.2) is 0 Å². The number of nitrogens with one attached hydrogen (secondary N) is 1. The van der Waals surface area contributed by atoms with Gasteiger partial charge in [-0.1, -0.05) is 54.9 Å². The molecule has 1 saturated carbocycles. The molecule has 0 spiro atoms. The van der Waals surface area contributed by atoms with Crippen molar-refractivity contribution in [3.8, 4) is 6.07 Å². The molecular weight excluding hydrogens is 340 g/mol. The number of hydrogen-bond acceptors (Lipinski definition) is 3. The van der Waals surface area contributed by atoms with Crippen LogP contribution in [0.4, 0.5) is 5.00 Å². The van der Waals surface area contributed by atoms with Crippen molar-refractivity contribution in [2.24, 2.45) is 28.1 Å². The molecule has 4 heteroatoms. The van der Waals surface area contributed by atoms with Gasteiger partial charge >= 0.3 is 0 Å². The number of carbonyl (C=O) groups excluding carboxylic acids is 1. The maximum Gasteiger partial charge on any atom is 0.229 e. The molecule has 0 aliphatic heterocycles. The molecular formula is C22H32N2OS. The number of nitrogens with zero attached hydrogens (tertiary/aromatic N) is 1. The normalized spacial score (nSPS) is 23.8. The largest absolute Gasteiger partial charge is 0.316 e. The van der Waals surface area contributed by atoms with Gasteiger partial charge in [0.2, 0.25) is 5.91 Å². The van der Waals surface area contributed by atoms with Crippen LogP contribution in [-0.2, 0) is 17.6 Å². The Kier molecular flexibility index (Phi) is 4.55. The fourth-order valence-corrected chi connectivity index (χ4v) is 6.06. The maximum atomic E-state index is 12.8. The predicted octanol–water partition coefficient (Wildman–Crippen LogP) is 5.78. The summed E-state index contributed by atoms with van der Waals surface area (Å²) >= 11 is 1.64. The van der Waals surface area contributed by atoms with Gasteiger partial charge in [0.05, 0.1) is 5.56 Å². The molecule has 142 valence electrons. The molecule has 26 heavy (non-hydrogen) atoms. The average Bonchev–Trinajstić information content (AvgIpc) is 2.83. The van der Waals surface area contributed by atoms with Crippen LogP contribution in [0.3, 0.4) is 0 Å². The molecule has 0 saturated heterocycles. The molecule has 3 nitrogen and oxygen atoms in total. The van der Waals surface area contributed by atoms with Crippen LogP contribution < -0.4 is 5.32 Å². The number of hydrogen-bond donors (Lipinski definition) is 1. The summed E-state index contributed by atoms with van der Waals surface area (Å²) in [6.07, 6.45) is 4.29. The minimum absolute atomic E-state index is 0.00689. The third-order valence-electron chi connectivity index (χ3n) is 7.91. The van der Waals surface area contributed by atoms with Crippen molar-refractivity contribution in [3.05, 3.63) is 16.0 Å². The number of nitriles is 1. The van der Waals surface area contributed by atoms with Gasteiger partial charge in [0.25, 0.3) is 0 Å². The SMILES string of the molecule is CCC(C)(C)[C@@H]1CCc2c(sc(NC(=O)C3C(C)(C)C3(C)C)c2C#N)C1. The summed E-state index contributed by atoms with van der Waals surface area (Å²) in [6.45, 7) is 15.6. The number of fused-ring (bicyclic) bond motifs is 1. The van der Waals surface area contributed by atoms with Gasteiger partial charge < -0.3 is 5.32 Å². The van der Waals surface area contributed by atoms with Crippen molar-refractivity contribution in [2.45, 2.75) is 74.1 Å². The van der Waals surface area contributed by atoms with Gasteiger partial charge in [-0.15, -0.1) is 11.3 Å². The monoisotopic (exact) mass is 372 g/mol. The number of amides is 1. The summed E-state index contributed by atoms with van der Waals surface area (Å²) in [5, 5.41) is 13.6. The Balaban J connectivity index is 1.83. The molecule has 1 fully saturated rings. The number of rotatable bonds is 4. The van der Waals surface area contributed by atoms with Gasteiger partial charge in [-0.2, -0.15) is 5.26 Å². The highest BCUT2D eigenvalue weighted by atomic mass is 32.1. The average molecular weight is 373 g/mol. The first-order valence-electron chi connectivity index (χ1n) is 9.82. The lowest BCUT2D eigenvalue weighted by molar-refractivity contribution is -0.118. The second-order valence-electron chi connectivity index (χ2n) is 9.97. The van der Waals surface area contributed by atoms with E-state index in [1.807, 2.05) is 0 Å². The molecule has 0 radical (unpaired) electrons. The molecule has 3 rings (SSSR count). The van der Waals surface area contributed by atoms with E-state index in [-0.39, 0.29) is 22.7 Å². The summed E-state index contributed by atoms with van der Waals surface area (Å²) in [7, 11) is 0. The first-order chi connectivity index (χ1) is 12.0. The molecule has 2 aliphatic rings. The van der Waals surface area contributed by atoms with Crippen LogP contribution >= 0.6 is 11.3 Å². The van der Waals surface area contributed by atoms with Crippen molar-refractivity contribution in [1.82, 2.24) is 0 Å². The molecule has 1 heterocycles. The molecule has 1 aromatic heterocycles. The van der Waals surface area contributed by atoms with Crippen LogP contribution in [0.5, 0.6) is 0 Å². The minimum Gasteiger partial charge on any atom is -0.316 e. The zero-order valence-electron chi connectivity index (χ0n) is 17.2. The van der Waals surface area contributed by atoms with Gasteiger partial charge in [-0.3, -0.25) is 4.79 Å². The van der Waals surface area contributed by atoms with Crippen molar-refractivity contribution < 1.29 is 4.79 Å². The van der Waals surface area contributed by atoms with E-state index in [0.717, 1.165) is 24.3 Å². The number of thiophene rings is 1. The smallest absolute Gasteiger partial charge is 0.229 e. The summed E-state index contributed by atoms with van der Waals surface area (Å²) < 4.78 is 0. The minimum atomic E-state index is 0.00689. The zero-order valence-corrected chi connectivity index (χ0v) is 18.1. The van der Waals surface area contributed by atoms with Crippen LogP contribution in [0.15, 0.2) is 0 Å². The van der Waals surface area contributed by atoms with E-state index in [1.54, 1.807) is 11.3 Å². The zero-order chi connectivity index (χ0) is 19.5. The van der Waals surface area contributed by atoms with E-state index in [1.165, 1.54) is 16.9 Å². The van der Waals surface area contributed by atoms with Crippen LogP contribution in [0, 0.1) is 39.4 Å². The van der Waals surface area contributed by atoms with E-state index < -0.39 is 0 Å². The van der Waals surface area contributed by atoms with E-state index in [9.17, 15) is 10.1 Å². The highest BCUT2D eigenvalue weighted by Gasteiger charge is 2.68. The van der Waals surface area contributed by atoms with Crippen molar-refractivity contribution >= 4 is 22.2 Å². The lowest BCUT2D eigenvalue weighted by Gasteiger charge is -2.36. The molecule has 1 aromatic rings. The highest BCUT2D eigenvalue weighted by Crippen LogP contribution is 2.68. The summed E-state index contributed by atoms with van der Waals surface area (Å²) in [5.41, 5.74) is 2.24. The fraction of sp³-hybridized carbons (Fsp3) is 0.727. The predicted molar refractivity (Wildman–Crippen MR) is 108 cm³/mol. The topological polar surface area (TPSA) is 52.9 Å². The summed E-state index contributed by atoms with van der Waals surface area (Å²) in [5.74, 6) is 0.725. The third-order valence-corrected chi connectivity index (χ3v) is 9.08. The van der Waals surface area contributed by atoms with Crippen LogP contribution in [0.1, 0.15) is 77.3 Å². The summed E-state index contributed by atoms with van der Waals surface area (Å²) in [4.78, 5) is 14.2. The first-order valence-corrected chi connectivity index (χ1v) is 10.6. The molecule has 0 bridgehead atoms. The van der Waals surface area contributed by atoms with Gasteiger partial charge in [-0.05, 0) is 47.0 Å². The highest BCUT2D eigenvalue weighted by molar-refractivity contribution is 7.16. The Morgan fingerprint density at radius 2 is 1.92 bits per heavy atom. The molecule has 1 atom stereocenters. The standard InChI is InChI=1S/C22H32N2OS/c1-8-20(2,3)13-9-10-14-15(12-23)19(26-16(14)11-13)24-18(25)17-21(4,5)22(17,6)7/h13,17H,8-11H2,1-7H3,(H,24,25)/t13-/m1/s1.